The van der Waals surface area contributed by atoms with Crippen LogP contribution in [0.25, 0.3) is 0 Å². The van der Waals surface area contributed by atoms with Crippen LogP contribution in [0.4, 0.5) is 0 Å². The summed E-state index contributed by atoms with van der Waals surface area (Å²) < 4.78 is 0. The van der Waals surface area contributed by atoms with E-state index >= 15 is 0 Å². The smallest absolute Gasteiger partial charge is 0.0417 e. The predicted octanol–water partition coefficient (Wildman–Crippen LogP) is 4.45. The first kappa shape index (κ1) is 13.7. The Kier molecular flexibility index (Phi) is 5.50. The minimum Gasteiger partial charge on any atom is -0.309 e. The van der Waals surface area contributed by atoms with Crippen LogP contribution in [0.5, 0.6) is 0 Å². The van der Waals surface area contributed by atoms with Crippen LogP contribution < -0.4 is 5.32 Å². The molecule has 0 aliphatic carbocycles. The van der Waals surface area contributed by atoms with Crippen LogP contribution in [0.1, 0.15) is 55.0 Å². The fourth-order valence-corrected chi connectivity index (χ4v) is 2.99. The summed E-state index contributed by atoms with van der Waals surface area (Å²) in [6.07, 6.45) is 2.44. The summed E-state index contributed by atoms with van der Waals surface area (Å²) in [5.41, 5.74) is 1.44. The van der Waals surface area contributed by atoms with Crippen LogP contribution in [-0.2, 0) is 0 Å². The molecule has 0 radical (unpaired) electrons. The number of rotatable bonds is 6. The van der Waals surface area contributed by atoms with E-state index < -0.39 is 0 Å². The lowest BCUT2D eigenvalue weighted by Crippen LogP contribution is -2.22. The Hall–Kier alpha value is -0.340. The van der Waals surface area contributed by atoms with E-state index in [1.54, 1.807) is 0 Å². The van der Waals surface area contributed by atoms with E-state index in [9.17, 15) is 0 Å². The summed E-state index contributed by atoms with van der Waals surface area (Å²) in [6.45, 7) is 12.4. The standard InChI is InChI=1S/C14H25NS/c1-6-7-15-13(8-10(2)3)14-9-11(4)12(5)16-14/h9-10,13,15H,6-8H2,1-5H3. The second kappa shape index (κ2) is 6.41. The molecule has 0 spiro atoms. The van der Waals surface area contributed by atoms with Gasteiger partial charge >= 0.3 is 0 Å². The summed E-state index contributed by atoms with van der Waals surface area (Å²) >= 11 is 1.95. The van der Waals surface area contributed by atoms with Crippen LogP contribution >= 0.6 is 11.3 Å². The molecule has 0 fully saturated rings. The van der Waals surface area contributed by atoms with Gasteiger partial charge in [0, 0.05) is 15.8 Å². The Morgan fingerprint density at radius 2 is 2.00 bits per heavy atom. The van der Waals surface area contributed by atoms with Gasteiger partial charge in [-0.1, -0.05) is 20.8 Å². The van der Waals surface area contributed by atoms with Crippen molar-refractivity contribution in [3.63, 3.8) is 0 Å². The second-order valence-electron chi connectivity index (χ2n) is 5.02. The monoisotopic (exact) mass is 239 g/mol. The fourth-order valence-electron chi connectivity index (χ4n) is 1.86. The van der Waals surface area contributed by atoms with E-state index in [0.29, 0.717) is 6.04 Å². The zero-order chi connectivity index (χ0) is 12.1. The SMILES string of the molecule is CCCNC(CC(C)C)c1cc(C)c(C)s1. The molecule has 0 saturated heterocycles. The molecule has 1 N–H and O–H groups in total. The highest BCUT2D eigenvalue weighted by Gasteiger charge is 2.15. The van der Waals surface area contributed by atoms with E-state index in [1.165, 1.54) is 28.2 Å². The van der Waals surface area contributed by atoms with Crippen LogP contribution in [0.3, 0.4) is 0 Å². The zero-order valence-electron chi connectivity index (χ0n) is 11.3. The molecule has 0 amide bonds. The number of nitrogens with one attached hydrogen (secondary N) is 1. The third kappa shape index (κ3) is 3.91. The summed E-state index contributed by atoms with van der Waals surface area (Å²) in [5.74, 6) is 0.747. The zero-order valence-corrected chi connectivity index (χ0v) is 12.1. The van der Waals surface area contributed by atoms with Gasteiger partial charge in [0.1, 0.15) is 0 Å². The van der Waals surface area contributed by atoms with Gasteiger partial charge in [0.2, 0.25) is 0 Å². The molecule has 0 bridgehead atoms. The van der Waals surface area contributed by atoms with Gasteiger partial charge in [-0.3, -0.25) is 0 Å². The maximum Gasteiger partial charge on any atom is 0.0417 e. The van der Waals surface area contributed by atoms with Gasteiger partial charge in [-0.2, -0.15) is 0 Å². The first-order valence-corrected chi connectivity index (χ1v) is 7.16. The maximum absolute atomic E-state index is 3.67. The molecular weight excluding hydrogens is 214 g/mol. The Balaban J connectivity index is 2.74. The van der Waals surface area contributed by atoms with Gasteiger partial charge in [-0.25, -0.2) is 0 Å². The Morgan fingerprint density at radius 1 is 1.31 bits per heavy atom. The molecule has 1 heterocycles. The van der Waals surface area contributed by atoms with Gasteiger partial charge in [0.25, 0.3) is 0 Å². The lowest BCUT2D eigenvalue weighted by Gasteiger charge is -2.19. The molecule has 0 aliphatic heterocycles. The largest absolute Gasteiger partial charge is 0.309 e. The van der Waals surface area contributed by atoms with Crippen molar-refractivity contribution in [1.82, 2.24) is 5.32 Å². The predicted molar refractivity (Wildman–Crippen MR) is 74.3 cm³/mol. The number of thiophene rings is 1. The molecule has 1 aromatic rings. The van der Waals surface area contributed by atoms with Crippen molar-refractivity contribution in [2.24, 2.45) is 5.92 Å². The molecule has 0 aliphatic rings. The molecule has 1 nitrogen and oxygen atoms in total. The number of hydrogen-bond acceptors (Lipinski definition) is 2. The van der Waals surface area contributed by atoms with E-state index in [-0.39, 0.29) is 0 Å². The third-order valence-electron chi connectivity index (χ3n) is 2.88. The maximum atomic E-state index is 3.67. The summed E-state index contributed by atoms with van der Waals surface area (Å²) in [6, 6.07) is 2.91. The average Bonchev–Trinajstić information content (AvgIpc) is 2.53. The van der Waals surface area contributed by atoms with Crippen molar-refractivity contribution in [3.05, 3.63) is 21.4 Å². The van der Waals surface area contributed by atoms with E-state index in [0.717, 1.165) is 12.5 Å². The highest BCUT2D eigenvalue weighted by molar-refractivity contribution is 7.12. The molecule has 0 saturated carbocycles. The lowest BCUT2D eigenvalue weighted by atomic mass is 10.0. The minimum absolute atomic E-state index is 0.553. The van der Waals surface area contributed by atoms with Gasteiger partial charge in [0.05, 0.1) is 0 Å². The molecule has 2 heteroatoms. The lowest BCUT2D eigenvalue weighted by molar-refractivity contribution is 0.435. The average molecular weight is 239 g/mol. The van der Waals surface area contributed by atoms with E-state index in [1.807, 2.05) is 11.3 Å². The Bertz CT molecular complexity index is 295. The van der Waals surface area contributed by atoms with E-state index in [2.05, 4.69) is 46.0 Å². The molecular formula is C14H25NS. The van der Waals surface area contributed by atoms with Gasteiger partial charge in [0.15, 0.2) is 0 Å². The minimum atomic E-state index is 0.553. The van der Waals surface area contributed by atoms with Crippen molar-refractivity contribution < 1.29 is 0 Å². The highest BCUT2D eigenvalue weighted by atomic mass is 32.1. The fraction of sp³-hybridized carbons (Fsp3) is 0.714. The van der Waals surface area contributed by atoms with Gasteiger partial charge in [-0.15, -0.1) is 11.3 Å². The molecule has 1 rings (SSSR count). The van der Waals surface area contributed by atoms with Crippen LogP contribution in [0.15, 0.2) is 6.07 Å². The highest BCUT2D eigenvalue weighted by Crippen LogP contribution is 2.30. The molecule has 1 atom stereocenters. The first-order valence-electron chi connectivity index (χ1n) is 6.34. The molecule has 0 aromatic carbocycles. The van der Waals surface area contributed by atoms with Gasteiger partial charge in [-0.05, 0) is 50.8 Å². The first-order chi connectivity index (χ1) is 7.54. The normalized spacial score (nSPS) is 13.4. The quantitative estimate of drug-likeness (QED) is 0.773. The molecule has 16 heavy (non-hydrogen) atoms. The molecule has 1 aromatic heterocycles. The second-order valence-corrected chi connectivity index (χ2v) is 6.31. The van der Waals surface area contributed by atoms with Crippen LogP contribution in [-0.4, -0.2) is 6.54 Å². The Labute approximate surface area is 104 Å². The number of aryl methyl sites for hydroxylation is 2. The Morgan fingerprint density at radius 3 is 2.44 bits per heavy atom. The third-order valence-corrected chi connectivity index (χ3v) is 4.14. The summed E-state index contributed by atoms with van der Waals surface area (Å²) in [4.78, 5) is 2.97. The van der Waals surface area contributed by atoms with E-state index in [4.69, 9.17) is 0 Å². The van der Waals surface area contributed by atoms with Crippen molar-refractivity contribution in [2.75, 3.05) is 6.54 Å². The van der Waals surface area contributed by atoms with Gasteiger partial charge < -0.3 is 5.32 Å². The topological polar surface area (TPSA) is 12.0 Å². The molecule has 1 unspecified atom stereocenters. The molecule has 92 valence electrons. The number of hydrogen-bond donors (Lipinski definition) is 1. The van der Waals surface area contributed by atoms with Crippen molar-refractivity contribution in [3.8, 4) is 0 Å². The summed E-state index contributed by atoms with van der Waals surface area (Å²) in [5, 5.41) is 3.67. The van der Waals surface area contributed by atoms with Crippen LogP contribution in [0.2, 0.25) is 0 Å². The van der Waals surface area contributed by atoms with Crippen molar-refractivity contribution >= 4 is 11.3 Å². The van der Waals surface area contributed by atoms with Crippen molar-refractivity contribution in [1.29, 1.82) is 0 Å². The summed E-state index contributed by atoms with van der Waals surface area (Å²) in [7, 11) is 0. The van der Waals surface area contributed by atoms with Crippen LogP contribution in [0, 0.1) is 19.8 Å². The van der Waals surface area contributed by atoms with Crippen molar-refractivity contribution in [2.45, 2.75) is 53.5 Å².